The highest BCUT2D eigenvalue weighted by molar-refractivity contribution is 5.91. The zero-order valence-electron chi connectivity index (χ0n) is 21.3. The van der Waals surface area contributed by atoms with Crippen LogP contribution in [0.15, 0.2) is 54.6 Å². The van der Waals surface area contributed by atoms with Gasteiger partial charge in [-0.1, -0.05) is 77.3 Å². The lowest BCUT2D eigenvalue weighted by Gasteiger charge is -2.07. The molecule has 0 spiro atoms. The van der Waals surface area contributed by atoms with Gasteiger partial charge < -0.3 is 14.2 Å². The van der Waals surface area contributed by atoms with E-state index in [2.05, 4.69) is 13.8 Å². The average Bonchev–Trinajstić information content (AvgIpc) is 2.88. The second-order valence-corrected chi connectivity index (χ2v) is 8.66. The smallest absolute Gasteiger partial charge is 0.338 e. The number of unbranched alkanes of at least 4 members (excludes halogenated alkanes) is 8. The predicted octanol–water partition coefficient (Wildman–Crippen LogP) is 7.78. The summed E-state index contributed by atoms with van der Waals surface area (Å²) in [4.78, 5) is 24.3. The monoisotopic (exact) mass is 480 g/mol. The van der Waals surface area contributed by atoms with E-state index in [-0.39, 0.29) is 5.97 Å². The highest BCUT2D eigenvalue weighted by Crippen LogP contribution is 2.18. The van der Waals surface area contributed by atoms with Crippen molar-refractivity contribution in [3.63, 3.8) is 0 Å². The van der Waals surface area contributed by atoms with E-state index in [0.29, 0.717) is 24.5 Å². The van der Waals surface area contributed by atoms with Gasteiger partial charge in [-0.25, -0.2) is 9.59 Å². The number of carbonyl (C=O) groups is 2. The van der Waals surface area contributed by atoms with Crippen LogP contribution in [0, 0.1) is 0 Å². The third kappa shape index (κ3) is 12.3. The van der Waals surface area contributed by atoms with Crippen molar-refractivity contribution in [2.24, 2.45) is 0 Å². The summed E-state index contributed by atoms with van der Waals surface area (Å²) in [6, 6.07) is 14.0. The minimum Gasteiger partial charge on any atom is -0.494 e. The number of esters is 2. The third-order valence-corrected chi connectivity index (χ3v) is 5.60. The van der Waals surface area contributed by atoms with Crippen molar-refractivity contribution in [3.8, 4) is 11.5 Å². The first-order chi connectivity index (χ1) is 17.1. The van der Waals surface area contributed by atoms with Crippen molar-refractivity contribution in [1.82, 2.24) is 0 Å². The largest absolute Gasteiger partial charge is 0.494 e. The molecule has 5 heteroatoms. The Morgan fingerprint density at radius 2 is 1.26 bits per heavy atom. The summed E-state index contributed by atoms with van der Waals surface area (Å²) in [7, 11) is 0. The summed E-state index contributed by atoms with van der Waals surface area (Å²) >= 11 is 0. The molecule has 0 radical (unpaired) electrons. The van der Waals surface area contributed by atoms with Crippen LogP contribution in [0.2, 0.25) is 0 Å². The summed E-state index contributed by atoms with van der Waals surface area (Å²) in [5.41, 5.74) is 1.30. The molecule has 0 aliphatic carbocycles. The van der Waals surface area contributed by atoms with Gasteiger partial charge in [0.1, 0.15) is 11.5 Å². The van der Waals surface area contributed by atoms with Crippen molar-refractivity contribution in [1.29, 1.82) is 0 Å². The molecule has 35 heavy (non-hydrogen) atoms. The van der Waals surface area contributed by atoms with E-state index in [1.54, 1.807) is 54.6 Å². The predicted molar refractivity (Wildman–Crippen MR) is 141 cm³/mol. The highest BCUT2D eigenvalue weighted by Gasteiger charge is 2.07. The molecular weight excluding hydrogens is 440 g/mol. The molecule has 2 aromatic rings. The number of carbonyl (C=O) groups excluding carboxylic acids is 2. The average molecular weight is 481 g/mol. The zero-order valence-corrected chi connectivity index (χ0v) is 21.3. The van der Waals surface area contributed by atoms with Gasteiger partial charge in [0.05, 0.1) is 18.8 Å². The summed E-state index contributed by atoms with van der Waals surface area (Å²) < 4.78 is 16.4. The van der Waals surface area contributed by atoms with E-state index in [0.717, 1.165) is 30.6 Å². The molecule has 5 nitrogen and oxygen atoms in total. The van der Waals surface area contributed by atoms with Gasteiger partial charge in [0.25, 0.3) is 0 Å². The highest BCUT2D eigenvalue weighted by atomic mass is 16.5. The summed E-state index contributed by atoms with van der Waals surface area (Å²) in [6.45, 7) is 5.52. The topological polar surface area (TPSA) is 61.8 Å². The molecule has 0 amide bonds. The van der Waals surface area contributed by atoms with Crippen LogP contribution < -0.4 is 9.47 Å². The van der Waals surface area contributed by atoms with Crippen LogP contribution in [-0.4, -0.2) is 25.2 Å². The minimum absolute atomic E-state index is 0.318. The van der Waals surface area contributed by atoms with E-state index in [4.69, 9.17) is 14.2 Å². The second kappa shape index (κ2) is 17.4. The van der Waals surface area contributed by atoms with Crippen LogP contribution in [0.1, 0.15) is 94.0 Å². The van der Waals surface area contributed by atoms with E-state index in [1.807, 2.05) is 0 Å². The van der Waals surface area contributed by atoms with E-state index in [1.165, 1.54) is 51.0 Å². The molecule has 0 saturated carbocycles. The van der Waals surface area contributed by atoms with Crippen LogP contribution in [0.3, 0.4) is 0 Å². The maximum Gasteiger partial charge on any atom is 0.338 e. The molecule has 0 aromatic heterocycles. The van der Waals surface area contributed by atoms with Gasteiger partial charge in [-0.05, 0) is 60.9 Å². The Kier molecular flexibility index (Phi) is 14.0. The zero-order chi connectivity index (χ0) is 25.1. The molecule has 0 saturated heterocycles. The molecular formula is C30H40O5. The molecule has 0 fully saturated rings. The number of rotatable bonds is 17. The Hall–Kier alpha value is -3.08. The number of hydrogen-bond acceptors (Lipinski definition) is 5. The SMILES string of the molecule is CCCCCCCCOC(=O)c1ccc(/C=C/C(=O)Oc2ccc(OCCCCCC)cc2)cc1. The Balaban J connectivity index is 1.70. The fraction of sp³-hybridized carbons (Fsp3) is 0.467. The Morgan fingerprint density at radius 3 is 1.94 bits per heavy atom. The Labute approximate surface area is 210 Å². The minimum atomic E-state index is -0.472. The van der Waals surface area contributed by atoms with Crippen molar-refractivity contribution in [2.75, 3.05) is 13.2 Å². The normalized spacial score (nSPS) is 10.9. The third-order valence-electron chi connectivity index (χ3n) is 5.60. The Morgan fingerprint density at radius 1 is 0.686 bits per heavy atom. The van der Waals surface area contributed by atoms with Gasteiger partial charge in [-0.2, -0.15) is 0 Å². The molecule has 0 bridgehead atoms. The molecule has 0 heterocycles. The first kappa shape index (κ1) is 28.2. The Bertz CT molecular complexity index is 884. The number of ether oxygens (including phenoxy) is 3. The molecule has 190 valence electrons. The fourth-order valence-electron chi connectivity index (χ4n) is 3.50. The first-order valence-corrected chi connectivity index (χ1v) is 13.0. The lowest BCUT2D eigenvalue weighted by atomic mass is 10.1. The maximum atomic E-state index is 12.2. The van der Waals surface area contributed by atoms with Crippen LogP contribution in [0.4, 0.5) is 0 Å². The molecule has 0 unspecified atom stereocenters. The van der Waals surface area contributed by atoms with Crippen LogP contribution in [-0.2, 0) is 9.53 Å². The van der Waals surface area contributed by atoms with Crippen molar-refractivity contribution in [2.45, 2.75) is 78.1 Å². The summed E-state index contributed by atoms with van der Waals surface area (Å²) in [5, 5.41) is 0. The molecule has 2 aromatic carbocycles. The lowest BCUT2D eigenvalue weighted by Crippen LogP contribution is -2.06. The van der Waals surface area contributed by atoms with Crippen molar-refractivity contribution in [3.05, 3.63) is 65.7 Å². The van der Waals surface area contributed by atoms with Gasteiger partial charge in [-0.3, -0.25) is 0 Å². The van der Waals surface area contributed by atoms with Crippen LogP contribution in [0.25, 0.3) is 6.08 Å². The fourth-order valence-corrected chi connectivity index (χ4v) is 3.50. The van der Waals surface area contributed by atoms with E-state index in [9.17, 15) is 9.59 Å². The number of hydrogen-bond donors (Lipinski definition) is 0. The van der Waals surface area contributed by atoms with Crippen LogP contribution >= 0.6 is 0 Å². The molecule has 0 aliphatic heterocycles. The number of benzene rings is 2. The summed E-state index contributed by atoms with van der Waals surface area (Å²) in [6.07, 6.45) is 14.6. The maximum absolute atomic E-state index is 12.2. The second-order valence-electron chi connectivity index (χ2n) is 8.66. The molecule has 0 N–H and O–H groups in total. The first-order valence-electron chi connectivity index (χ1n) is 13.0. The van der Waals surface area contributed by atoms with Gasteiger partial charge >= 0.3 is 11.9 Å². The molecule has 0 aliphatic rings. The standard InChI is InChI=1S/C30H40O5/c1-3-5-7-9-10-12-24-34-30(32)26-16-13-25(14-17-26)15-22-29(31)35-28-20-18-27(19-21-28)33-23-11-8-6-4-2/h13-22H,3-12,23-24H2,1-2H3/b22-15+. The van der Waals surface area contributed by atoms with Crippen molar-refractivity contribution >= 4 is 18.0 Å². The van der Waals surface area contributed by atoms with Gasteiger partial charge in [0.2, 0.25) is 0 Å². The quantitative estimate of drug-likeness (QED) is 0.100. The van der Waals surface area contributed by atoms with Gasteiger partial charge in [0, 0.05) is 6.08 Å². The lowest BCUT2D eigenvalue weighted by molar-refractivity contribution is -0.128. The van der Waals surface area contributed by atoms with Crippen molar-refractivity contribution < 1.29 is 23.8 Å². The van der Waals surface area contributed by atoms with Crippen LogP contribution in [0.5, 0.6) is 11.5 Å². The molecule has 0 atom stereocenters. The molecule has 2 rings (SSSR count). The van der Waals surface area contributed by atoms with Gasteiger partial charge in [0.15, 0.2) is 0 Å². The van der Waals surface area contributed by atoms with Gasteiger partial charge in [-0.15, -0.1) is 0 Å². The summed E-state index contributed by atoms with van der Waals surface area (Å²) in [5.74, 6) is 0.436. The van der Waals surface area contributed by atoms with E-state index < -0.39 is 5.97 Å². The van der Waals surface area contributed by atoms with E-state index >= 15 is 0 Å².